The minimum absolute atomic E-state index is 0.177. The van der Waals surface area contributed by atoms with Crippen molar-refractivity contribution < 1.29 is 12.8 Å². The largest absolute Gasteiger partial charge is 0.236 e. The van der Waals surface area contributed by atoms with E-state index in [4.69, 9.17) is 10.7 Å². The molecular weight excluding hydrogens is 251 g/mol. The first-order valence-electron chi connectivity index (χ1n) is 5.18. The van der Waals surface area contributed by atoms with Crippen LogP contribution < -0.4 is 0 Å². The Morgan fingerprint density at radius 1 is 1.19 bits per heavy atom. The van der Waals surface area contributed by atoms with Gasteiger partial charge in [0, 0.05) is 16.2 Å². The second kappa shape index (κ2) is 4.34. The summed E-state index contributed by atoms with van der Waals surface area (Å²) in [7, 11) is 1.43. The summed E-state index contributed by atoms with van der Waals surface area (Å²) < 4.78 is 35.4. The fourth-order valence-corrected chi connectivity index (χ4v) is 3.05. The van der Waals surface area contributed by atoms with E-state index >= 15 is 0 Å². The van der Waals surface area contributed by atoms with Crippen molar-refractivity contribution in [3.8, 4) is 0 Å². The molecule has 0 unspecified atom stereocenters. The van der Waals surface area contributed by atoms with E-state index in [0.717, 1.165) is 36.8 Å². The Balaban J connectivity index is 2.40. The van der Waals surface area contributed by atoms with Gasteiger partial charge in [-0.15, -0.1) is 0 Å². The molecule has 0 heterocycles. The quantitative estimate of drug-likeness (QED) is 0.768. The van der Waals surface area contributed by atoms with Gasteiger partial charge in [-0.1, -0.05) is 6.07 Å². The summed E-state index contributed by atoms with van der Waals surface area (Å²) in [6.07, 6.45) is 3.91. The van der Waals surface area contributed by atoms with Crippen molar-refractivity contribution in [1.82, 2.24) is 0 Å². The molecule has 1 aromatic rings. The molecule has 0 fully saturated rings. The molecule has 0 spiro atoms. The van der Waals surface area contributed by atoms with Crippen molar-refractivity contribution in [1.29, 1.82) is 0 Å². The van der Waals surface area contributed by atoms with Crippen molar-refractivity contribution in [2.24, 2.45) is 0 Å². The van der Waals surface area contributed by atoms with Gasteiger partial charge in [0.25, 0.3) is 0 Å². The van der Waals surface area contributed by atoms with E-state index in [0.29, 0.717) is 0 Å². The summed E-state index contributed by atoms with van der Waals surface area (Å²) >= 11 is 0. The standard InChI is InChI=1S/C11H12ClFO2S/c12-16(14,15)7-10-5-8-3-1-2-4-9(8)6-11(10)13/h5-6H,1-4,7H2. The van der Waals surface area contributed by atoms with Crippen LogP contribution in [-0.4, -0.2) is 8.42 Å². The molecule has 88 valence electrons. The van der Waals surface area contributed by atoms with Crippen LogP contribution in [0, 0.1) is 5.82 Å². The summed E-state index contributed by atoms with van der Waals surface area (Å²) in [6.45, 7) is 0. The van der Waals surface area contributed by atoms with Gasteiger partial charge in [-0.25, -0.2) is 12.8 Å². The molecular formula is C11H12ClFO2S. The number of fused-ring (bicyclic) bond motifs is 1. The maximum Gasteiger partial charge on any atom is 0.236 e. The van der Waals surface area contributed by atoms with Gasteiger partial charge in [0.1, 0.15) is 5.82 Å². The van der Waals surface area contributed by atoms with E-state index in [1.807, 2.05) is 0 Å². The van der Waals surface area contributed by atoms with Gasteiger partial charge in [-0.05, 0) is 42.9 Å². The Kier molecular flexibility index (Phi) is 3.22. The van der Waals surface area contributed by atoms with Gasteiger partial charge in [0.15, 0.2) is 0 Å². The lowest BCUT2D eigenvalue weighted by Crippen LogP contribution is -2.07. The zero-order valence-electron chi connectivity index (χ0n) is 8.67. The number of hydrogen-bond donors (Lipinski definition) is 0. The van der Waals surface area contributed by atoms with Gasteiger partial charge >= 0.3 is 0 Å². The summed E-state index contributed by atoms with van der Waals surface area (Å²) in [5.74, 6) is -0.905. The van der Waals surface area contributed by atoms with Crippen molar-refractivity contribution in [3.05, 3.63) is 34.6 Å². The molecule has 2 nitrogen and oxygen atoms in total. The van der Waals surface area contributed by atoms with Crippen molar-refractivity contribution in [3.63, 3.8) is 0 Å². The number of aryl methyl sites for hydroxylation is 2. The normalized spacial score (nSPS) is 15.9. The average molecular weight is 263 g/mol. The minimum atomic E-state index is -3.69. The predicted octanol–water partition coefficient (Wildman–Crippen LogP) is 2.77. The molecule has 0 radical (unpaired) electrons. The van der Waals surface area contributed by atoms with Crippen LogP contribution in [0.3, 0.4) is 0 Å². The molecule has 0 bridgehead atoms. The van der Waals surface area contributed by atoms with Gasteiger partial charge in [0.2, 0.25) is 9.05 Å². The van der Waals surface area contributed by atoms with Crippen molar-refractivity contribution >= 4 is 19.7 Å². The highest BCUT2D eigenvalue weighted by atomic mass is 35.7. The molecule has 5 heteroatoms. The fourth-order valence-electron chi connectivity index (χ4n) is 2.10. The Morgan fingerprint density at radius 3 is 2.31 bits per heavy atom. The molecule has 1 aliphatic carbocycles. The van der Waals surface area contributed by atoms with Crippen LogP contribution in [0.4, 0.5) is 4.39 Å². The van der Waals surface area contributed by atoms with Gasteiger partial charge in [0.05, 0.1) is 5.75 Å². The fraction of sp³-hybridized carbons (Fsp3) is 0.455. The zero-order chi connectivity index (χ0) is 11.8. The van der Waals surface area contributed by atoms with Crippen LogP contribution in [0.5, 0.6) is 0 Å². The maximum absolute atomic E-state index is 13.6. The van der Waals surface area contributed by atoms with E-state index in [1.54, 1.807) is 6.07 Å². The lowest BCUT2D eigenvalue weighted by atomic mass is 9.90. The number of rotatable bonds is 2. The monoisotopic (exact) mass is 262 g/mol. The van der Waals surface area contributed by atoms with Crippen LogP contribution in [-0.2, 0) is 27.6 Å². The molecule has 0 aliphatic heterocycles. The Labute approximate surface area is 98.8 Å². The molecule has 0 saturated heterocycles. The number of benzene rings is 1. The van der Waals surface area contributed by atoms with E-state index in [1.165, 1.54) is 6.07 Å². The van der Waals surface area contributed by atoms with E-state index in [9.17, 15) is 12.8 Å². The Bertz CT molecular complexity index is 511. The van der Waals surface area contributed by atoms with Crippen LogP contribution in [0.2, 0.25) is 0 Å². The third kappa shape index (κ3) is 2.74. The maximum atomic E-state index is 13.6. The average Bonchev–Trinajstić information content (AvgIpc) is 2.17. The van der Waals surface area contributed by atoms with Crippen LogP contribution in [0.1, 0.15) is 29.5 Å². The molecule has 0 amide bonds. The third-order valence-electron chi connectivity index (χ3n) is 2.84. The highest BCUT2D eigenvalue weighted by Crippen LogP contribution is 2.25. The van der Waals surface area contributed by atoms with E-state index < -0.39 is 20.6 Å². The Morgan fingerprint density at radius 2 is 1.75 bits per heavy atom. The highest BCUT2D eigenvalue weighted by molar-refractivity contribution is 8.13. The number of hydrogen-bond acceptors (Lipinski definition) is 2. The van der Waals surface area contributed by atoms with Crippen molar-refractivity contribution in [2.45, 2.75) is 31.4 Å². The van der Waals surface area contributed by atoms with Gasteiger partial charge in [-0.2, -0.15) is 0 Å². The van der Waals surface area contributed by atoms with Crippen molar-refractivity contribution in [2.75, 3.05) is 0 Å². The molecule has 2 rings (SSSR count). The second-order valence-corrected chi connectivity index (χ2v) is 6.88. The smallest absolute Gasteiger partial charge is 0.212 e. The van der Waals surface area contributed by atoms with Crippen LogP contribution in [0.15, 0.2) is 12.1 Å². The van der Waals surface area contributed by atoms with Crippen LogP contribution >= 0.6 is 10.7 Å². The van der Waals surface area contributed by atoms with E-state index in [2.05, 4.69) is 0 Å². The predicted molar refractivity (Wildman–Crippen MR) is 61.5 cm³/mol. The molecule has 1 aromatic carbocycles. The van der Waals surface area contributed by atoms with Crippen LogP contribution in [0.25, 0.3) is 0 Å². The zero-order valence-corrected chi connectivity index (χ0v) is 10.2. The topological polar surface area (TPSA) is 34.1 Å². The van der Waals surface area contributed by atoms with Gasteiger partial charge < -0.3 is 0 Å². The summed E-state index contributed by atoms with van der Waals surface area (Å²) in [5, 5.41) is 0. The van der Waals surface area contributed by atoms with Gasteiger partial charge in [-0.3, -0.25) is 0 Å². The summed E-state index contributed by atoms with van der Waals surface area (Å²) in [6, 6.07) is 3.09. The molecule has 1 aliphatic rings. The number of halogens is 2. The highest BCUT2D eigenvalue weighted by Gasteiger charge is 2.16. The molecule has 16 heavy (non-hydrogen) atoms. The second-order valence-electron chi connectivity index (χ2n) is 4.10. The third-order valence-corrected chi connectivity index (χ3v) is 3.82. The molecule has 0 N–H and O–H groups in total. The SMILES string of the molecule is O=S(=O)(Cl)Cc1cc2c(cc1F)CCCC2. The summed E-state index contributed by atoms with van der Waals surface area (Å²) in [5.41, 5.74) is 2.23. The molecule has 0 atom stereocenters. The first-order chi connectivity index (χ1) is 7.46. The minimum Gasteiger partial charge on any atom is -0.212 e. The first kappa shape index (κ1) is 11.9. The van der Waals surface area contributed by atoms with E-state index in [-0.39, 0.29) is 5.56 Å². The lowest BCUT2D eigenvalue weighted by Gasteiger charge is -2.16. The lowest BCUT2D eigenvalue weighted by molar-refractivity contribution is 0.591. The molecule has 0 aromatic heterocycles. The summed E-state index contributed by atoms with van der Waals surface area (Å²) in [4.78, 5) is 0. The first-order valence-corrected chi connectivity index (χ1v) is 7.66. The molecule has 0 saturated carbocycles. The Hall–Kier alpha value is -0.610.